The molecule has 17 heavy (non-hydrogen) atoms. The van der Waals surface area contributed by atoms with Gasteiger partial charge in [0, 0.05) is 6.42 Å². The average Bonchev–Trinajstić information content (AvgIpc) is 2.58. The van der Waals surface area contributed by atoms with E-state index in [1.54, 1.807) is 7.11 Å². The summed E-state index contributed by atoms with van der Waals surface area (Å²) in [5.74, 6) is 0.131. The fourth-order valence-corrected chi connectivity index (χ4v) is 2.10. The van der Waals surface area contributed by atoms with E-state index in [0.29, 0.717) is 6.42 Å². The van der Waals surface area contributed by atoms with Gasteiger partial charge in [-0.3, -0.25) is 14.9 Å². The van der Waals surface area contributed by atoms with Crippen molar-refractivity contribution in [3.8, 4) is 5.75 Å². The van der Waals surface area contributed by atoms with E-state index in [2.05, 4.69) is 5.32 Å². The van der Waals surface area contributed by atoms with Crippen molar-refractivity contribution in [2.75, 3.05) is 7.11 Å². The highest BCUT2D eigenvalue weighted by Gasteiger charge is 2.31. The first-order valence-corrected chi connectivity index (χ1v) is 5.57. The van der Waals surface area contributed by atoms with Crippen LogP contribution >= 0.6 is 0 Å². The standard InChI is InChI=1S/C13H15NO3/c1-8-3-4-11(17-2)9(5-8)6-10-7-12(15)14-13(10)16/h3-5,10H,6-7H2,1-2H3,(H,14,15,16). The molecule has 4 heteroatoms. The van der Waals surface area contributed by atoms with Crippen LogP contribution in [0.2, 0.25) is 0 Å². The summed E-state index contributed by atoms with van der Waals surface area (Å²) in [5, 5.41) is 2.32. The Hall–Kier alpha value is -1.84. The second-order valence-corrected chi connectivity index (χ2v) is 4.33. The minimum Gasteiger partial charge on any atom is -0.496 e. The predicted molar refractivity (Wildman–Crippen MR) is 62.7 cm³/mol. The van der Waals surface area contributed by atoms with Gasteiger partial charge in [0.05, 0.1) is 13.0 Å². The number of benzene rings is 1. The quantitative estimate of drug-likeness (QED) is 0.798. The number of aryl methyl sites for hydroxylation is 1. The molecule has 1 unspecified atom stereocenters. The number of hydrogen-bond acceptors (Lipinski definition) is 3. The van der Waals surface area contributed by atoms with Crippen molar-refractivity contribution >= 4 is 11.8 Å². The predicted octanol–water partition coefficient (Wildman–Crippen LogP) is 1.21. The number of amides is 2. The zero-order valence-corrected chi connectivity index (χ0v) is 9.95. The van der Waals surface area contributed by atoms with Gasteiger partial charge in [0.25, 0.3) is 0 Å². The number of carbonyl (C=O) groups is 2. The number of ether oxygens (including phenoxy) is 1. The van der Waals surface area contributed by atoms with Crippen LogP contribution in [-0.4, -0.2) is 18.9 Å². The molecule has 2 amide bonds. The van der Waals surface area contributed by atoms with Crippen LogP contribution in [0.25, 0.3) is 0 Å². The molecule has 1 aromatic carbocycles. The molecule has 1 N–H and O–H groups in total. The zero-order chi connectivity index (χ0) is 12.4. The lowest BCUT2D eigenvalue weighted by molar-refractivity contribution is -0.125. The number of imide groups is 1. The molecule has 1 fully saturated rings. The van der Waals surface area contributed by atoms with Crippen LogP contribution < -0.4 is 10.1 Å². The second-order valence-electron chi connectivity index (χ2n) is 4.33. The van der Waals surface area contributed by atoms with E-state index in [9.17, 15) is 9.59 Å². The van der Waals surface area contributed by atoms with Gasteiger partial charge < -0.3 is 4.74 Å². The van der Waals surface area contributed by atoms with Crippen LogP contribution in [0.1, 0.15) is 17.5 Å². The zero-order valence-electron chi connectivity index (χ0n) is 9.95. The summed E-state index contributed by atoms with van der Waals surface area (Å²) in [6.07, 6.45) is 0.818. The fourth-order valence-electron chi connectivity index (χ4n) is 2.10. The number of nitrogens with one attached hydrogen (secondary N) is 1. The largest absolute Gasteiger partial charge is 0.496 e. The number of rotatable bonds is 3. The molecule has 1 heterocycles. The molecule has 4 nitrogen and oxygen atoms in total. The summed E-state index contributed by atoms with van der Waals surface area (Å²) < 4.78 is 5.26. The van der Waals surface area contributed by atoms with Crippen molar-refractivity contribution in [1.29, 1.82) is 0 Å². The lowest BCUT2D eigenvalue weighted by Crippen LogP contribution is -2.23. The van der Waals surface area contributed by atoms with Gasteiger partial charge >= 0.3 is 0 Å². The molecule has 0 aliphatic carbocycles. The van der Waals surface area contributed by atoms with E-state index in [1.807, 2.05) is 25.1 Å². The lowest BCUT2D eigenvalue weighted by atomic mass is 9.96. The molecule has 1 atom stereocenters. The SMILES string of the molecule is COc1ccc(C)cc1CC1CC(=O)NC1=O. The van der Waals surface area contributed by atoms with Crippen molar-refractivity contribution in [2.45, 2.75) is 19.8 Å². The highest BCUT2D eigenvalue weighted by atomic mass is 16.5. The van der Waals surface area contributed by atoms with Crippen LogP contribution in [-0.2, 0) is 16.0 Å². The van der Waals surface area contributed by atoms with Crippen LogP contribution in [0, 0.1) is 12.8 Å². The Morgan fingerprint density at radius 3 is 2.76 bits per heavy atom. The Labute approximate surface area is 100.0 Å². The molecule has 1 aromatic rings. The maximum Gasteiger partial charge on any atom is 0.230 e. The van der Waals surface area contributed by atoms with E-state index in [-0.39, 0.29) is 24.2 Å². The molecule has 0 radical (unpaired) electrons. The van der Waals surface area contributed by atoms with Crippen molar-refractivity contribution in [1.82, 2.24) is 5.32 Å². The molecule has 0 bridgehead atoms. The normalized spacial score (nSPS) is 19.3. The summed E-state index contributed by atoms with van der Waals surface area (Å²) in [6, 6.07) is 5.84. The maximum absolute atomic E-state index is 11.5. The van der Waals surface area contributed by atoms with Gasteiger partial charge in [-0.15, -0.1) is 0 Å². The lowest BCUT2D eigenvalue weighted by Gasteiger charge is -2.11. The van der Waals surface area contributed by atoms with Crippen LogP contribution in [0.3, 0.4) is 0 Å². The van der Waals surface area contributed by atoms with E-state index in [0.717, 1.165) is 16.9 Å². The molecule has 1 saturated heterocycles. The first kappa shape index (κ1) is 11.6. The van der Waals surface area contributed by atoms with Gasteiger partial charge in [0.15, 0.2) is 0 Å². The third-order valence-corrected chi connectivity index (χ3v) is 2.97. The molecular formula is C13H15NO3. The van der Waals surface area contributed by atoms with Crippen molar-refractivity contribution in [3.63, 3.8) is 0 Å². The first-order valence-electron chi connectivity index (χ1n) is 5.57. The third kappa shape index (κ3) is 2.46. The number of carbonyl (C=O) groups excluding carboxylic acids is 2. The third-order valence-electron chi connectivity index (χ3n) is 2.97. The summed E-state index contributed by atoms with van der Waals surface area (Å²) >= 11 is 0. The van der Waals surface area contributed by atoms with Gasteiger partial charge in [-0.25, -0.2) is 0 Å². The van der Waals surface area contributed by atoms with Crippen LogP contribution in [0.15, 0.2) is 18.2 Å². The smallest absolute Gasteiger partial charge is 0.230 e. The van der Waals surface area contributed by atoms with E-state index in [4.69, 9.17) is 4.74 Å². The van der Waals surface area contributed by atoms with E-state index < -0.39 is 0 Å². The molecule has 0 saturated carbocycles. The Balaban J connectivity index is 2.20. The topological polar surface area (TPSA) is 55.4 Å². The van der Waals surface area contributed by atoms with E-state index >= 15 is 0 Å². The average molecular weight is 233 g/mol. The van der Waals surface area contributed by atoms with Gasteiger partial charge in [0.1, 0.15) is 5.75 Å². The summed E-state index contributed by atoms with van der Waals surface area (Å²) in [5.41, 5.74) is 2.09. The Morgan fingerprint density at radius 2 is 2.18 bits per heavy atom. The summed E-state index contributed by atoms with van der Waals surface area (Å²) in [4.78, 5) is 22.6. The highest BCUT2D eigenvalue weighted by Crippen LogP contribution is 2.25. The van der Waals surface area contributed by atoms with Gasteiger partial charge in [-0.05, 0) is 25.0 Å². The molecule has 1 aliphatic rings. The van der Waals surface area contributed by atoms with Crippen LogP contribution in [0.4, 0.5) is 0 Å². The second kappa shape index (κ2) is 4.57. The molecule has 90 valence electrons. The summed E-state index contributed by atoms with van der Waals surface area (Å²) in [7, 11) is 1.61. The van der Waals surface area contributed by atoms with Gasteiger partial charge in [-0.1, -0.05) is 17.7 Å². The van der Waals surface area contributed by atoms with E-state index in [1.165, 1.54) is 0 Å². The van der Waals surface area contributed by atoms with Crippen molar-refractivity contribution in [2.24, 2.45) is 5.92 Å². The van der Waals surface area contributed by atoms with Crippen molar-refractivity contribution < 1.29 is 14.3 Å². The molecule has 2 rings (SSSR count). The Bertz CT molecular complexity index is 468. The molecule has 1 aliphatic heterocycles. The summed E-state index contributed by atoms with van der Waals surface area (Å²) in [6.45, 7) is 1.99. The Kier molecular flexibility index (Phi) is 3.13. The monoisotopic (exact) mass is 233 g/mol. The molecule has 0 aromatic heterocycles. The van der Waals surface area contributed by atoms with Gasteiger partial charge in [-0.2, -0.15) is 0 Å². The molecule has 0 spiro atoms. The number of methoxy groups -OCH3 is 1. The highest BCUT2D eigenvalue weighted by molar-refractivity contribution is 6.03. The maximum atomic E-state index is 11.5. The Morgan fingerprint density at radius 1 is 1.41 bits per heavy atom. The van der Waals surface area contributed by atoms with Crippen molar-refractivity contribution in [3.05, 3.63) is 29.3 Å². The minimum atomic E-state index is -0.266. The molecular weight excluding hydrogens is 218 g/mol. The first-order chi connectivity index (χ1) is 8.10. The number of hydrogen-bond donors (Lipinski definition) is 1. The minimum absolute atomic E-state index is 0.182. The van der Waals surface area contributed by atoms with Crippen LogP contribution in [0.5, 0.6) is 5.75 Å². The fraction of sp³-hybridized carbons (Fsp3) is 0.385. The van der Waals surface area contributed by atoms with Gasteiger partial charge in [0.2, 0.25) is 11.8 Å².